The van der Waals surface area contributed by atoms with Crippen LogP contribution in [0.4, 0.5) is 0 Å². The fourth-order valence-corrected chi connectivity index (χ4v) is 1.76. The van der Waals surface area contributed by atoms with Gasteiger partial charge in [0.25, 0.3) is 0 Å². The van der Waals surface area contributed by atoms with Crippen LogP contribution in [-0.4, -0.2) is 29.1 Å². The van der Waals surface area contributed by atoms with Crippen LogP contribution < -0.4 is 5.73 Å². The van der Waals surface area contributed by atoms with E-state index >= 15 is 0 Å². The van der Waals surface area contributed by atoms with Crippen molar-refractivity contribution in [2.45, 2.75) is 46.2 Å². The van der Waals surface area contributed by atoms with Crippen molar-refractivity contribution in [2.24, 2.45) is 5.73 Å². The van der Waals surface area contributed by atoms with E-state index < -0.39 is 6.04 Å². The van der Waals surface area contributed by atoms with Gasteiger partial charge in [-0.05, 0) is 20.3 Å². The van der Waals surface area contributed by atoms with Gasteiger partial charge in [0, 0.05) is 12.6 Å². The molecule has 2 N–H and O–H groups in total. The Labute approximate surface area is 102 Å². The molecular weight excluding hydrogens is 218 g/mol. The number of rotatable bonds is 5. The van der Waals surface area contributed by atoms with E-state index in [9.17, 15) is 4.79 Å². The summed E-state index contributed by atoms with van der Waals surface area (Å²) in [6.07, 6.45) is 1.62. The van der Waals surface area contributed by atoms with Crippen molar-refractivity contribution in [3.63, 3.8) is 0 Å². The molecule has 1 aromatic heterocycles. The van der Waals surface area contributed by atoms with E-state index in [-0.39, 0.29) is 5.91 Å². The van der Waals surface area contributed by atoms with Crippen molar-refractivity contribution < 1.29 is 9.32 Å². The SMILES string of the molecule is CCC[C@H](N)C(=O)N(C)Cc1c(C)noc1C. The number of carbonyl (C=O) groups is 1. The smallest absolute Gasteiger partial charge is 0.239 e. The summed E-state index contributed by atoms with van der Waals surface area (Å²) in [5, 5.41) is 3.87. The number of amides is 1. The van der Waals surface area contributed by atoms with Crippen molar-refractivity contribution in [3.8, 4) is 0 Å². The summed E-state index contributed by atoms with van der Waals surface area (Å²) in [5.41, 5.74) is 7.59. The lowest BCUT2D eigenvalue weighted by Gasteiger charge is -2.20. The number of hydrogen-bond acceptors (Lipinski definition) is 4. The molecule has 0 saturated carbocycles. The van der Waals surface area contributed by atoms with Crippen LogP contribution in [-0.2, 0) is 11.3 Å². The van der Waals surface area contributed by atoms with Gasteiger partial charge in [-0.25, -0.2) is 0 Å². The Balaban J connectivity index is 2.66. The predicted octanol–water partition coefficient (Wildman–Crippen LogP) is 1.38. The maximum Gasteiger partial charge on any atom is 0.239 e. The van der Waals surface area contributed by atoms with E-state index in [1.165, 1.54) is 0 Å². The number of carbonyl (C=O) groups excluding carboxylic acids is 1. The first-order chi connectivity index (χ1) is 7.97. The zero-order valence-corrected chi connectivity index (χ0v) is 11.0. The monoisotopic (exact) mass is 239 g/mol. The number of aryl methyl sites for hydroxylation is 2. The molecule has 0 aliphatic rings. The van der Waals surface area contributed by atoms with Crippen LogP contribution in [0.3, 0.4) is 0 Å². The average molecular weight is 239 g/mol. The highest BCUT2D eigenvalue weighted by Gasteiger charge is 2.19. The van der Waals surface area contributed by atoms with Gasteiger partial charge in [-0.3, -0.25) is 4.79 Å². The van der Waals surface area contributed by atoms with Crippen molar-refractivity contribution in [3.05, 3.63) is 17.0 Å². The third kappa shape index (κ3) is 3.30. The molecule has 0 aromatic carbocycles. The molecule has 0 aliphatic heterocycles. The standard InChI is InChI=1S/C12H21N3O2/c1-5-6-11(13)12(16)15(4)7-10-8(2)14-17-9(10)3/h11H,5-7,13H2,1-4H3/t11-/m0/s1. The number of likely N-dealkylation sites (N-methyl/N-ethyl adjacent to an activating group) is 1. The Morgan fingerprint density at radius 3 is 2.65 bits per heavy atom. The molecule has 0 unspecified atom stereocenters. The molecule has 17 heavy (non-hydrogen) atoms. The number of nitrogens with two attached hydrogens (primary N) is 1. The molecule has 0 spiro atoms. The lowest BCUT2D eigenvalue weighted by molar-refractivity contribution is -0.132. The quantitative estimate of drug-likeness (QED) is 0.842. The second-order valence-electron chi connectivity index (χ2n) is 4.39. The van der Waals surface area contributed by atoms with Gasteiger partial charge in [0.05, 0.1) is 18.3 Å². The number of hydrogen-bond donors (Lipinski definition) is 1. The van der Waals surface area contributed by atoms with Crippen molar-refractivity contribution in [1.29, 1.82) is 0 Å². The summed E-state index contributed by atoms with van der Waals surface area (Å²) in [6.45, 7) is 6.23. The molecule has 0 bridgehead atoms. The Bertz CT molecular complexity index is 368. The second-order valence-corrected chi connectivity index (χ2v) is 4.39. The van der Waals surface area contributed by atoms with Crippen LogP contribution in [0, 0.1) is 13.8 Å². The topological polar surface area (TPSA) is 72.4 Å². The molecule has 0 aliphatic carbocycles. The third-order valence-electron chi connectivity index (χ3n) is 2.87. The molecule has 96 valence electrons. The molecule has 1 aromatic rings. The zero-order valence-electron chi connectivity index (χ0n) is 11.0. The highest BCUT2D eigenvalue weighted by molar-refractivity contribution is 5.81. The Kier molecular flexibility index (Phi) is 4.69. The first-order valence-corrected chi connectivity index (χ1v) is 5.89. The van der Waals surface area contributed by atoms with Gasteiger partial charge >= 0.3 is 0 Å². The summed E-state index contributed by atoms with van der Waals surface area (Å²) in [6, 6.07) is -0.412. The fourth-order valence-electron chi connectivity index (χ4n) is 1.76. The normalized spacial score (nSPS) is 12.5. The number of aromatic nitrogens is 1. The maximum absolute atomic E-state index is 11.9. The zero-order chi connectivity index (χ0) is 13.0. The van der Waals surface area contributed by atoms with Gasteiger partial charge in [0.2, 0.25) is 5.91 Å². The Morgan fingerprint density at radius 2 is 2.18 bits per heavy atom. The van der Waals surface area contributed by atoms with E-state index in [4.69, 9.17) is 10.3 Å². The van der Waals surface area contributed by atoms with Gasteiger partial charge in [-0.15, -0.1) is 0 Å². The highest BCUT2D eigenvalue weighted by Crippen LogP contribution is 2.14. The van der Waals surface area contributed by atoms with Crippen LogP contribution in [0.1, 0.15) is 36.8 Å². The van der Waals surface area contributed by atoms with E-state index in [1.807, 2.05) is 20.8 Å². The summed E-state index contributed by atoms with van der Waals surface area (Å²) in [7, 11) is 1.75. The summed E-state index contributed by atoms with van der Waals surface area (Å²) in [4.78, 5) is 13.6. The molecule has 1 heterocycles. The summed E-state index contributed by atoms with van der Waals surface area (Å²) in [5.74, 6) is 0.720. The minimum atomic E-state index is -0.412. The van der Waals surface area contributed by atoms with Gasteiger partial charge in [-0.2, -0.15) is 0 Å². The fraction of sp³-hybridized carbons (Fsp3) is 0.667. The molecule has 0 radical (unpaired) electrons. The largest absolute Gasteiger partial charge is 0.361 e. The van der Waals surface area contributed by atoms with E-state index in [0.717, 1.165) is 23.4 Å². The lowest BCUT2D eigenvalue weighted by Crippen LogP contribution is -2.41. The molecule has 5 heteroatoms. The second kappa shape index (κ2) is 5.82. The molecular formula is C12H21N3O2. The van der Waals surface area contributed by atoms with Crippen LogP contribution in [0.5, 0.6) is 0 Å². The molecule has 0 fully saturated rings. The third-order valence-corrected chi connectivity index (χ3v) is 2.87. The molecule has 1 atom stereocenters. The first-order valence-electron chi connectivity index (χ1n) is 5.89. The van der Waals surface area contributed by atoms with Crippen molar-refractivity contribution >= 4 is 5.91 Å². The van der Waals surface area contributed by atoms with Crippen LogP contribution in [0.2, 0.25) is 0 Å². The molecule has 0 saturated heterocycles. The molecule has 1 rings (SSSR count). The van der Waals surface area contributed by atoms with E-state index in [2.05, 4.69) is 5.16 Å². The van der Waals surface area contributed by atoms with Crippen LogP contribution in [0.15, 0.2) is 4.52 Å². The van der Waals surface area contributed by atoms with Crippen molar-refractivity contribution in [1.82, 2.24) is 10.1 Å². The van der Waals surface area contributed by atoms with E-state index in [0.29, 0.717) is 13.0 Å². The average Bonchev–Trinajstić information content (AvgIpc) is 2.60. The minimum absolute atomic E-state index is 0.0353. The summed E-state index contributed by atoms with van der Waals surface area (Å²) < 4.78 is 5.06. The predicted molar refractivity (Wildman–Crippen MR) is 65.3 cm³/mol. The molecule has 1 amide bonds. The van der Waals surface area contributed by atoms with Gasteiger partial charge in [-0.1, -0.05) is 18.5 Å². The molecule has 5 nitrogen and oxygen atoms in total. The van der Waals surface area contributed by atoms with Gasteiger partial charge in [0.1, 0.15) is 5.76 Å². The highest BCUT2D eigenvalue weighted by atomic mass is 16.5. The Hall–Kier alpha value is -1.36. The first kappa shape index (κ1) is 13.7. The Morgan fingerprint density at radius 1 is 1.53 bits per heavy atom. The van der Waals surface area contributed by atoms with Crippen molar-refractivity contribution in [2.75, 3.05) is 7.05 Å². The lowest BCUT2D eigenvalue weighted by atomic mass is 10.1. The van der Waals surface area contributed by atoms with Crippen LogP contribution >= 0.6 is 0 Å². The number of nitrogens with zero attached hydrogens (tertiary/aromatic N) is 2. The minimum Gasteiger partial charge on any atom is -0.361 e. The maximum atomic E-state index is 11.9. The van der Waals surface area contributed by atoms with Gasteiger partial charge < -0.3 is 15.2 Å². The van der Waals surface area contributed by atoms with Gasteiger partial charge in [0.15, 0.2) is 0 Å². The van der Waals surface area contributed by atoms with Crippen LogP contribution in [0.25, 0.3) is 0 Å². The summed E-state index contributed by atoms with van der Waals surface area (Å²) >= 11 is 0. The van der Waals surface area contributed by atoms with E-state index in [1.54, 1.807) is 11.9 Å².